The first-order valence-corrected chi connectivity index (χ1v) is 4.34. The minimum Gasteiger partial charge on any atom is -0.494 e. The van der Waals surface area contributed by atoms with Gasteiger partial charge in [-0.15, -0.1) is 0 Å². The molecule has 0 bridgehead atoms. The van der Waals surface area contributed by atoms with Crippen molar-refractivity contribution in [2.45, 2.75) is 0 Å². The zero-order valence-corrected chi connectivity index (χ0v) is 8.03. The molecule has 76 valence electrons. The van der Waals surface area contributed by atoms with Gasteiger partial charge in [0.15, 0.2) is 17.9 Å². The number of carbonyl (C=O) groups excluding carboxylic acids is 1. The minimum atomic E-state index is -0.486. The maximum atomic E-state index is 13.3. The van der Waals surface area contributed by atoms with Gasteiger partial charge in [0.05, 0.1) is 12.6 Å². The van der Waals surface area contributed by atoms with Crippen LogP contribution in [0.2, 0.25) is 0 Å². The van der Waals surface area contributed by atoms with Crippen LogP contribution in [0.25, 0.3) is 10.9 Å². The molecule has 0 radical (unpaired) electrons. The molecule has 0 saturated carbocycles. The molecular formula is C11H8FNO2. The minimum absolute atomic E-state index is 0.170. The van der Waals surface area contributed by atoms with E-state index in [1.165, 1.54) is 13.2 Å². The quantitative estimate of drug-likeness (QED) is 0.705. The molecule has 0 N–H and O–H groups in total. The van der Waals surface area contributed by atoms with Crippen molar-refractivity contribution < 1.29 is 13.9 Å². The number of nitrogens with zero attached hydrogens (tertiary/aromatic N) is 1. The number of benzene rings is 1. The van der Waals surface area contributed by atoms with Crippen molar-refractivity contribution in [2.24, 2.45) is 0 Å². The number of hydrogen-bond donors (Lipinski definition) is 0. The Kier molecular flexibility index (Phi) is 2.33. The van der Waals surface area contributed by atoms with Crippen LogP contribution in [0.1, 0.15) is 10.5 Å². The molecule has 0 fully saturated rings. The largest absolute Gasteiger partial charge is 0.494 e. The van der Waals surface area contributed by atoms with Crippen molar-refractivity contribution in [3.8, 4) is 5.75 Å². The maximum Gasteiger partial charge on any atom is 0.168 e. The lowest BCUT2D eigenvalue weighted by Gasteiger charge is -2.03. The average molecular weight is 205 g/mol. The molecule has 0 aliphatic rings. The van der Waals surface area contributed by atoms with E-state index in [0.29, 0.717) is 11.8 Å². The second kappa shape index (κ2) is 3.65. The summed E-state index contributed by atoms with van der Waals surface area (Å²) < 4.78 is 18.1. The van der Waals surface area contributed by atoms with Crippen molar-refractivity contribution in [1.82, 2.24) is 4.98 Å². The number of pyridine rings is 1. The third-order valence-corrected chi connectivity index (χ3v) is 2.11. The third kappa shape index (κ3) is 1.66. The summed E-state index contributed by atoms with van der Waals surface area (Å²) in [5.41, 5.74) is 0.727. The van der Waals surface area contributed by atoms with Crippen LogP contribution in [0.3, 0.4) is 0 Å². The Morgan fingerprint density at radius 2 is 2.20 bits per heavy atom. The first-order valence-electron chi connectivity index (χ1n) is 4.34. The van der Waals surface area contributed by atoms with Crippen LogP contribution in [-0.2, 0) is 0 Å². The predicted octanol–water partition coefficient (Wildman–Crippen LogP) is 2.20. The topological polar surface area (TPSA) is 39.2 Å². The van der Waals surface area contributed by atoms with Gasteiger partial charge in [-0.25, -0.2) is 9.37 Å². The molecule has 0 unspecified atom stereocenters. The van der Waals surface area contributed by atoms with Gasteiger partial charge >= 0.3 is 0 Å². The Morgan fingerprint density at radius 1 is 1.40 bits per heavy atom. The molecule has 2 aromatic rings. The van der Waals surface area contributed by atoms with Crippen LogP contribution < -0.4 is 4.74 Å². The van der Waals surface area contributed by atoms with E-state index in [9.17, 15) is 9.18 Å². The average Bonchev–Trinajstić information content (AvgIpc) is 2.27. The molecule has 0 spiro atoms. The van der Waals surface area contributed by atoms with Crippen LogP contribution in [0.5, 0.6) is 5.75 Å². The van der Waals surface area contributed by atoms with Crippen molar-refractivity contribution in [3.63, 3.8) is 0 Å². The number of ether oxygens (including phenoxy) is 1. The van der Waals surface area contributed by atoms with E-state index in [0.717, 1.165) is 5.39 Å². The monoisotopic (exact) mass is 205 g/mol. The fourth-order valence-corrected chi connectivity index (χ4v) is 1.36. The summed E-state index contributed by atoms with van der Waals surface area (Å²) in [6, 6.07) is 6.08. The van der Waals surface area contributed by atoms with Gasteiger partial charge in [0, 0.05) is 11.5 Å². The number of fused-ring (bicyclic) bond motifs is 1. The molecule has 2 rings (SSSR count). The molecule has 0 aliphatic carbocycles. The molecule has 4 heteroatoms. The highest BCUT2D eigenvalue weighted by Crippen LogP contribution is 2.23. The molecule has 3 nitrogen and oxygen atoms in total. The van der Waals surface area contributed by atoms with Crippen molar-refractivity contribution in [1.29, 1.82) is 0 Å². The summed E-state index contributed by atoms with van der Waals surface area (Å²) in [5.74, 6) is -0.316. The molecule has 1 aromatic carbocycles. The van der Waals surface area contributed by atoms with Crippen molar-refractivity contribution in [3.05, 3.63) is 35.8 Å². The molecule has 1 aromatic heterocycles. The summed E-state index contributed by atoms with van der Waals surface area (Å²) in [6.07, 6.45) is 0.627. The number of hydrogen-bond acceptors (Lipinski definition) is 3. The zero-order valence-electron chi connectivity index (χ0n) is 8.03. The number of methoxy groups -OCH3 is 1. The fourth-order valence-electron chi connectivity index (χ4n) is 1.36. The van der Waals surface area contributed by atoms with Crippen LogP contribution in [0.15, 0.2) is 24.3 Å². The fraction of sp³-hybridized carbons (Fsp3) is 0.0909. The molecule has 0 atom stereocenters. The van der Waals surface area contributed by atoms with Gasteiger partial charge in [-0.3, -0.25) is 4.79 Å². The van der Waals surface area contributed by atoms with Crippen LogP contribution in [0.4, 0.5) is 4.39 Å². The zero-order chi connectivity index (χ0) is 10.8. The number of aromatic nitrogens is 1. The normalized spacial score (nSPS) is 10.3. The lowest BCUT2D eigenvalue weighted by molar-refractivity contribution is 0.111. The van der Waals surface area contributed by atoms with Gasteiger partial charge in [-0.05, 0) is 12.1 Å². The van der Waals surface area contributed by atoms with Crippen molar-refractivity contribution >= 4 is 17.2 Å². The first kappa shape index (κ1) is 9.58. The van der Waals surface area contributed by atoms with Gasteiger partial charge in [0.2, 0.25) is 0 Å². The highest BCUT2D eigenvalue weighted by molar-refractivity contribution is 5.84. The molecule has 0 amide bonds. The number of rotatable bonds is 2. The maximum absolute atomic E-state index is 13.3. The summed E-state index contributed by atoms with van der Waals surface area (Å²) in [4.78, 5) is 14.4. The Hall–Kier alpha value is -1.97. The lowest BCUT2D eigenvalue weighted by Crippen LogP contribution is -1.91. The Balaban J connectivity index is 2.70. The molecule has 0 aliphatic heterocycles. The van der Waals surface area contributed by atoms with E-state index >= 15 is 0 Å². The molecule has 0 saturated heterocycles. The standard InChI is InChI=1S/C11H8FNO2/c1-15-11-4-7-2-3-8(6-14)13-10(7)5-9(11)12/h2-6H,1H3. The van der Waals surface area contributed by atoms with Gasteiger partial charge in [0.1, 0.15) is 5.69 Å². The van der Waals surface area contributed by atoms with Crippen molar-refractivity contribution in [2.75, 3.05) is 7.11 Å². The Morgan fingerprint density at radius 3 is 2.87 bits per heavy atom. The van der Waals surface area contributed by atoms with E-state index in [4.69, 9.17) is 4.74 Å². The summed E-state index contributed by atoms with van der Waals surface area (Å²) in [6.45, 7) is 0. The van der Waals surface area contributed by atoms with Crippen LogP contribution >= 0.6 is 0 Å². The second-order valence-electron chi connectivity index (χ2n) is 3.03. The highest BCUT2D eigenvalue weighted by Gasteiger charge is 2.05. The lowest BCUT2D eigenvalue weighted by atomic mass is 10.2. The third-order valence-electron chi connectivity index (χ3n) is 2.11. The molecule has 15 heavy (non-hydrogen) atoms. The Labute approximate surface area is 85.5 Å². The summed E-state index contributed by atoms with van der Waals surface area (Å²) in [5, 5.41) is 0.735. The molecule has 1 heterocycles. The second-order valence-corrected chi connectivity index (χ2v) is 3.03. The van der Waals surface area contributed by atoms with E-state index in [1.54, 1.807) is 18.2 Å². The van der Waals surface area contributed by atoms with Gasteiger partial charge < -0.3 is 4.74 Å². The SMILES string of the molecule is COc1cc2ccc(C=O)nc2cc1F. The smallest absolute Gasteiger partial charge is 0.168 e. The van der Waals surface area contributed by atoms with Gasteiger partial charge in [-0.2, -0.15) is 0 Å². The Bertz CT molecular complexity index is 525. The number of halogens is 1. The van der Waals surface area contributed by atoms with E-state index in [2.05, 4.69) is 4.98 Å². The number of aldehydes is 1. The number of carbonyl (C=O) groups is 1. The summed E-state index contributed by atoms with van der Waals surface area (Å²) >= 11 is 0. The van der Waals surface area contributed by atoms with Gasteiger partial charge in [0.25, 0.3) is 0 Å². The van der Waals surface area contributed by atoms with Gasteiger partial charge in [-0.1, -0.05) is 6.07 Å². The predicted molar refractivity (Wildman–Crippen MR) is 53.6 cm³/mol. The van der Waals surface area contributed by atoms with Crippen LogP contribution in [-0.4, -0.2) is 18.4 Å². The van der Waals surface area contributed by atoms with E-state index in [-0.39, 0.29) is 11.4 Å². The van der Waals surface area contributed by atoms with E-state index < -0.39 is 5.82 Å². The van der Waals surface area contributed by atoms with E-state index in [1.807, 2.05) is 0 Å². The van der Waals surface area contributed by atoms with Crippen LogP contribution in [0, 0.1) is 5.82 Å². The molecular weight excluding hydrogens is 197 g/mol. The summed E-state index contributed by atoms with van der Waals surface area (Å²) in [7, 11) is 1.40. The highest BCUT2D eigenvalue weighted by atomic mass is 19.1. The first-order chi connectivity index (χ1) is 7.24.